The summed E-state index contributed by atoms with van der Waals surface area (Å²) in [5.74, 6) is -12.6. The van der Waals surface area contributed by atoms with Gasteiger partial charge in [0.25, 0.3) is 5.56 Å². The summed E-state index contributed by atoms with van der Waals surface area (Å²) in [5.41, 5.74) is -11.5. The van der Waals surface area contributed by atoms with Crippen LogP contribution in [0.15, 0.2) is 44.8 Å². The average molecular weight is 486 g/mol. The van der Waals surface area contributed by atoms with Crippen LogP contribution in [-0.2, 0) is 23.8 Å². The summed E-state index contributed by atoms with van der Waals surface area (Å²) in [4.78, 5) is 23.5. The van der Waals surface area contributed by atoms with Gasteiger partial charge in [0.05, 0.1) is 5.69 Å². The van der Waals surface area contributed by atoms with Crippen molar-refractivity contribution in [3.8, 4) is 5.69 Å². The SMILES string of the molecule is Cn1c(C(F)(F)C(F)(F)C(F)(F)F)cc(=O)n(-c2ccc(S(=O)C(F)(F)F)cc2)c1=O. The summed E-state index contributed by atoms with van der Waals surface area (Å²) in [5, 5.41) is 0. The predicted molar refractivity (Wildman–Crippen MR) is 84.6 cm³/mol. The molecular weight excluding hydrogens is 478 g/mol. The maximum Gasteiger partial charge on any atom is 0.475 e. The lowest BCUT2D eigenvalue weighted by Gasteiger charge is -2.29. The summed E-state index contributed by atoms with van der Waals surface area (Å²) < 4.78 is 140. The first-order valence-corrected chi connectivity index (χ1v) is 8.74. The highest BCUT2D eigenvalue weighted by molar-refractivity contribution is 7.86. The second-order valence-corrected chi connectivity index (χ2v) is 7.37. The predicted octanol–water partition coefficient (Wildman–Crippen LogP) is 3.45. The molecule has 1 heterocycles. The fourth-order valence-corrected chi connectivity index (χ4v) is 3.01. The molecule has 0 fully saturated rings. The lowest BCUT2D eigenvalue weighted by atomic mass is 10.1. The van der Waals surface area contributed by atoms with E-state index in [-0.39, 0.29) is 15.2 Å². The molecule has 0 aliphatic rings. The number of rotatable bonds is 4. The lowest BCUT2D eigenvalue weighted by Crippen LogP contribution is -2.53. The summed E-state index contributed by atoms with van der Waals surface area (Å²) in [6.07, 6.45) is -6.72. The van der Waals surface area contributed by atoms with E-state index < -0.39 is 61.9 Å². The quantitative estimate of drug-likeness (QED) is 0.623. The van der Waals surface area contributed by atoms with E-state index in [0.29, 0.717) is 31.3 Å². The van der Waals surface area contributed by atoms with Crippen molar-refractivity contribution in [2.24, 2.45) is 7.05 Å². The zero-order chi connectivity index (χ0) is 24.2. The Morgan fingerprint density at radius 2 is 1.32 bits per heavy atom. The third-order valence-electron chi connectivity index (χ3n) is 3.91. The maximum absolute atomic E-state index is 13.9. The highest BCUT2D eigenvalue weighted by atomic mass is 32.2. The average Bonchev–Trinajstić information content (AvgIpc) is 2.62. The molecular formula is C15H8F10N2O3S. The molecule has 1 atom stereocenters. The van der Waals surface area contributed by atoms with Gasteiger partial charge in [0.1, 0.15) is 5.69 Å². The number of benzene rings is 1. The van der Waals surface area contributed by atoms with Gasteiger partial charge in [-0.05, 0) is 24.3 Å². The smallest absolute Gasteiger partial charge is 0.294 e. The molecule has 5 nitrogen and oxygen atoms in total. The molecule has 1 unspecified atom stereocenters. The molecule has 0 saturated heterocycles. The van der Waals surface area contributed by atoms with Gasteiger partial charge in [0.2, 0.25) is 0 Å². The number of aromatic nitrogens is 2. The van der Waals surface area contributed by atoms with Crippen LogP contribution in [0, 0.1) is 0 Å². The van der Waals surface area contributed by atoms with Gasteiger partial charge in [-0.25, -0.2) is 13.6 Å². The molecule has 2 rings (SSSR count). The largest absolute Gasteiger partial charge is 0.475 e. The molecule has 2 aromatic rings. The molecule has 0 aliphatic carbocycles. The van der Waals surface area contributed by atoms with Gasteiger partial charge in [-0.1, -0.05) is 0 Å². The van der Waals surface area contributed by atoms with E-state index in [4.69, 9.17) is 0 Å². The van der Waals surface area contributed by atoms with Gasteiger partial charge in [-0.15, -0.1) is 0 Å². The van der Waals surface area contributed by atoms with Crippen molar-refractivity contribution in [2.45, 2.75) is 28.4 Å². The van der Waals surface area contributed by atoms with Crippen LogP contribution in [0.1, 0.15) is 5.69 Å². The molecule has 0 radical (unpaired) electrons. The van der Waals surface area contributed by atoms with E-state index in [1.165, 1.54) is 0 Å². The minimum absolute atomic E-state index is 0.0333. The van der Waals surface area contributed by atoms with Crippen molar-refractivity contribution in [3.63, 3.8) is 0 Å². The zero-order valence-corrected chi connectivity index (χ0v) is 15.5. The minimum atomic E-state index is -6.72. The number of halogens is 10. The van der Waals surface area contributed by atoms with E-state index >= 15 is 0 Å². The van der Waals surface area contributed by atoms with Crippen LogP contribution in [0.2, 0.25) is 0 Å². The summed E-state index contributed by atoms with van der Waals surface area (Å²) >= 11 is 0. The summed E-state index contributed by atoms with van der Waals surface area (Å²) in [7, 11) is -3.08. The molecule has 31 heavy (non-hydrogen) atoms. The van der Waals surface area contributed by atoms with E-state index in [9.17, 15) is 57.7 Å². The normalized spacial score (nSPS) is 14.5. The van der Waals surface area contributed by atoms with Gasteiger partial charge in [-0.3, -0.25) is 9.36 Å². The van der Waals surface area contributed by atoms with E-state index in [2.05, 4.69) is 0 Å². The van der Waals surface area contributed by atoms with Gasteiger partial charge >= 0.3 is 29.2 Å². The minimum Gasteiger partial charge on any atom is -0.294 e. The van der Waals surface area contributed by atoms with Gasteiger partial charge in [0, 0.05) is 18.0 Å². The first-order valence-electron chi connectivity index (χ1n) is 7.59. The Kier molecular flexibility index (Phi) is 5.95. The van der Waals surface area contributed by atoms with Crippen LogP contribution >= 0.6 is 0 Å². The fourth-order valence-electron chi connectivity index (χ4n) is 2.36. The number of hydrogen-bond acceptors (Lipinski definition) is 3. The number of alkyl halides is 10. The summed E-state index contributed by atoms with van der Waals surface area (Å²) in [6.45, 7) is 0. The molecule has 1 aromatic heterocycles. The van der Waals surface area contributed by atoms with Crippen molar-refractivity contribution >= 4 is 10.8 Å². The van der Waals surface area contributed by atoms with Crippen LogP contribution in [0.3, 0.4) is 0 Å². The van der Waals surface area contributed by atoms with E-state index in [1.54, 1.807) is 0 Å². The molecule has 0 amide bonds. The monoisotopic (exact) mass is 486 g/mol. The van der Waals surface area contributed by atoms with Gasteiger partial charge < -0.3 is 0 Å². The molecule has 0 bridgehead atoms. The Morgan fingerprint density at radius 3 is 1.74 bits per heavy atom. The van der Waals surface area contributed by atoms with E-state index in [0.717, 1.165) is 0 Å². The molecule has 0 spiro atoms. The van der Waals surface area contributed by atoms with Gasteiger partial charge in [-0.2, -0.15) is 43.9 Å². The van der Waals surface area contributed by atoms with Crippen LogP contribution in [0.5, 0.6) is 0 Å². The topological polar surface area (TPSA) is 61.1 Å². The van der Waals surface area contributed by atoms with Crippen molar-refractivity contribution in [3.05, 3.63) is 56.9 Å². The van der Waals surface area contributed by atoms with Gasteiger partial charge in [0.15, 0.2) is 10.8 Å². The highest BCUT2D eigenvalue weighted by Crippen LogP contribution is 2.51. The fraction of sp³-hybridized carbons (Fsp3) is 0.333. The first kappa shape index (κ1) is 24.6. The lowest BCUT2D eigenvalue weighted by molar-refractivity contribution is -0.361. The first-order chi connectivity index (χ1) is 13.8. The Balaban J connectivity index is 2.64. The Labute approximate surface area is 167 Å². The molecule has 0 N–H and O–H groups in total. The Hall–Kier alpha value is -2.65. The van der Waals surface area contributed by atoms with E-state index in [1.807, 2.05) is 0 Å². The molecule has 0 saturated carbocycles. The molecule has 0 aliphatic heterocycles. The van der Waals surface area contributed by atoms with Crippen molar-refractivity contribution in [2.75, 3.05) is 0 Å². The van der Waals surface area contributed by atoms with Crippen LogP contribution < -0.4 is 11.2 Å². The Morgan fingerprint density at radius 1 is 0.839 bits per heavy atom. The number of nitrogens with zero attached hydrogens (tertiary/aromatic N) is 2. The van der Waals surface area contributed by atoms with Crippen molar-refractivity contribution in [1.29, 1.82) is 0 Å². The molecule has 172 valence electrons. The van der Waals surface area contributed by atoms with Crippen molar-refractivity contribution < 1.29 is 48.1 Å². The third-order valence-corrected chi connectivity index (χ3v) is 5.03. The standard InChI is InChI=1S/C15H8F10N2O3S/c1-26-9(12(16,17)13(18,19)14(20,21)22)6-10(28)27(11(26)29)7-2-4-8(5-3-7)31(30)15(23,24)25/h2-6H,1H3. The zero-order valence-electron chi connectivity index (χ0n) is 14.7. The number of hydrogen-bond donors (Lipinski definition) is 0. The third kappa shape index (κ3) is 4.12. The van der Waals surface area contributed by atoms with Crippen LogP contribution in [0.25, 0.3) is 5.69 Å². The maximum atomic E-state index is 13.9. The van der Waals surface area contributed by atoms with Crippen molar-refractivity contribution in [1.82, 2.24) is 9.13 Å². The molecule has 1 aromatic carbocycles. The van der Waals surface area contributed by atoms with Crippen LogP contribution in [0.4, 0.5) is 43.9 Å². The van der Waals surface area contributed by atoms with Crippen LogP contribution in [-0.4, -0.2) is 31.0 Å². The molecule has 16 heteroatoms. The summed E-state index contributed by atoms with van der Waals surface area (Å²) in [6, 6.07) is 2.19. The Bertz CT molecular complexity index is 1130. The second kappa shape index (κ2) is 7.49. The second-order valence-electron chi connectivity index (χ2n) is 5.90. The highest BCUT2D eigenvalue weighted by Gasteiger charge is 2.74.